The average molecular weight is 460 g/mol. The Hall–Kier alpha value is -2.71. The highest BCUT2D eigenvalue weighted by Gasteiger charge is 2.16. The van der Waals surface area contributed by atoms with Gasteiger partial charge in [-0.25, -0.2) is 13.1 Å². The standard InChI is InChI=1S/C24H33N3O4S/c1-17(2)27-32(30,31)21-8-6-7-18(15-21)16-26-22(28)13-14-25-23(29)19-9-11-20(12-10-19)24(3,4)5/h6-12,15,17,27H,13-14,16H2,1-5H3,(H,25,29)(H,26,28). The van der Waals surface area contributed by atoms with Gasteiger partial charge in [-0.15, -0.1) is 0 Å². The van der Waals surface area contributed by atoms with E-state index in [1.165, 1.54) is 12.1 Å². The lowest BCUT2D eigenvalue weighted by Gasteiger charge is -2.19. The van der Waals surface area contributed by atoms with Gasteiger partial charge < -0.3 is 10.6 Å². The van der Waals surface area contributed by atoms with E-state index in [-0.39, 0.29) is 47.7 Å². The zero-order valence-electron chi connectivity index (χ0n) is 19.4. The van der Waals surface area contributed by atoms with Crippen LogP contribution in [-0.2, 0) is 26.8 Å². The van der Waals surface area contributed by atoms with Crippen LogP contribution in [0.5, 0.6) is 0 Å². The van der Waals surface area contributed by atoms with Crippen LogP contribution in [0, 0.1) is 0 Å². The number of benzene rings is 2. The van der Waals surface area contributed by atoms with Crippen molar-refractivity contribution in [1.82, 2.24) is 15.4 Å². The molecular weight excluding hydrogens is 426 g/mol. The molecule has 0 aliphatic carbocycles. The van der Waals surface area contributed by atoms with Crippen LogP contribution in [0.4, 0.5) is 0 Å². The maximum absolute atomic E-state index is 12.3. The lowest BCUT2D eigenvalue weighted by atomic mass is 9.87. The van der Waals surface area contributed by atoms with Gasteiger partial charge in [-0.05, 0) is 54.7 Å². The van der Waals surface area contributed by atoms with Gasteiger partial charge >= 0.3 is 0 Å². The van der Waals surface area contributed by atoms with Gasteiger partial charge in [-0.1, -0.05) is 45.0 Å². The maximum atomic E-state index is 12.3. The van der Waals surface area contributed by atoms with Crippen molar-refractivity contribution in [2.24, 2.45) is 0 Å². The summed E-state index contributed by atoms with van der Waals surface area (Å²) in [6.45, 7) is 10.2. The van der Waals surface area contributed by atoms with Gasteiger partial charge in [0.15, 0.2) is 0 Å². The second kappa shape index (κ2) is 10.7. The normalized spacial score (nSPS) is 11.9. The van der Waals surface area contributed by atoms with Crippen molar-refractivity contribution in [3.05, 3.63) is 65.2 Å². The summed E-state index contributed by atoms with van der Waals surface area (Å²) in [5, 5.41) is 5.50. The molecule has 0 aliphatic rings. The summed E-state index contributed by atoms with van der Waals surface area (Å²) in [4.78, 5) is 24.5. The Kier molecular flexibility index (Phi) is 8.58. The quantitative estimate of drug-likeness (QED) is 0.536. The molecule has 8 heteroatoms. The molecule has 32 heavy (non-hydrogen) atoms. The molecule has 2 aromatic carbocycles. The largest absolute Gasteiger partial charge is 0.352 e. The Labute approximate surface area is 191 Å². The molecule has 2 amide bonds. The molecule has 3 N–H and O–H groups in total. The van der Waals surface area contributed by atoms with E-state index in [4.69, 9.17) is 0 Å². The molecule has 0 aliphatic heterocycles. The molecule has 7 nitrogen and oxygen atoms in total. The van der Waals surface area contributed by atoms with E-state index in [0.717, 1.165) is 5.56 Å². The first-order valence-electron chi connectivity index (χ1n) is 10.7. The highest BCUT2D eigenvalue weighted by atomic mass is 32.2. The molecule has 0 aromatic heterocycles. The van der Waals surface area contributed by atoms with Crippen LogP contribution in [-0.4, -0.2) is 32.8 Å². The van der Waals surface area contributed by atoms with Crippen LogP contribution in [0.2, 0.25) is 0 Å². The third-order valence-corrected chi connectivity index (χ3v) is 6.40. The van der Waals surface area contributed by atoms with Gasteiger partial charge in [0.2, 0.25) is 15.9 Å². The third kappa shape index (κ3) is 7.76. The fourth-order valence-electron chi connectivity index (χ4n) is 3.00. The van der Waals surface area contributed by atoms with Crippen molar-refractivity contribution in [3.63, 3.8) is 0 Å². The minimum atomic E-state index is -3.59. The molecule has 2 rings (SSSR count). The molecule has 174 valence electrons. The van der Waals surface area contributed by atoms with Crippen LogP contribution >= 0.6 is 0 Å². The molecule has 0 spiro atoms. The fourth-order valence-corrected chi connectivity index (χ4v) is 4.32. The topological polar surface area (TPSA) is 104 Å². The van der Waals surface area contributed by atoms with Crippen molar-refractivity contribution >= 4 is 21.8 Å². The van der Waals surface area contributed by atoms with E-state index in [9.17, 15) is 18.0 Å². The van der Waals surface area contributed by atoms with Crippen molar-refractivity contribution in [1.29, 1.82) is 0 Å². The summed E-state index contributed by atoms with van der Waals surface area (Å²) >= 11 is 0. The first-order chi connectivity index (χ1) is 14.9. The maximum Gasteiger partial charge on any atom is 0.251 e. The Bertz CT molecular complexity index is 1040. The highest BCUT2D eigenvalue weighted by molar-refractivity contribution is 7.89. The number of hydrogen-bond acceptors (Lipinski definition) is 4. The van der Waals surface area contributed by atoms with E-state index in [1.54, 1.807) is 38.1 Å². The van der Waals surface area contributed by atoms with E-state index in [0.29, 0.717) is 11.1 Å². The van der Waals surface area contributed by atoms with Crippen molar-refractivity contribution in [2.45, 2.75) is 63.9 Å². The number of carbonyl (C=O) groups excluding carboxylic acids is 2. The van der Waals surface area contributed by atoms with Crippen LogP contribution in [0.3, 0.4) is 0 Å². The summed E-state index contributed by atoms with van der Waals surface area (Å²) in [5.41, 5.74) is 2.38. The Balaban J connectivity index is 1.82. The van der Waals surface area contributed by atoms with Crippen molar-refractivity contribution < 1.29 is 18.0 Å². The lowest BCUT2D eigenvalue weighted by molar-refractivity contribution is -0.121. The Morgan fingerprint density at radius 1 is 0.969 bits per heavy atom. The van der Waals surface area contributed by atoms with Crippen LogP contribution in [0.25, 0.3) is 0 Å². The van der Waals surface area contributed by atoms with E-state index >= 15 is 0 Å². The average Bonchev–Trinajstić information content (AvgIpc) is 2.71. The molecule has 0 atom stereocenters. The molecule has 0 saturated heterocycles. The Morgan fingerprint density at radius 3 is 2.22 bits per heavy atom. The molecule has 2 aromatic rings. The summed E-state index contributed by atoms with van der Waals surface area (Å²) in [7, 11) is -3.59. The van der Waals surface area contributed by atoms with Gasteiger partial charge in [0, 0.05) is 31.1 Å². The molecule has 0 bridgehead atoms. The zero-order chi connectivity index (χ0) is 23.9. The summed E-state index contributed by atoms with van der Waals surface area (Å²) in [5.74, 6) is -0.462. The minimum absolute atomic E-state index is 0.0156. The molecule has 0 saturated carbocycles. The molecule has 0 unspecified atom stereocenters. The SMILES string of the molecule is CC(C)NS(=O)(=O)c1cccc(CNC(=O)CCNC(=O)c2ccc(C(C)(C)C)cc2)c1. The van der Waals surface area contributed by atoms with Gasteiger partial charge in [-0.2, -0.15) is 0 Å². The number of hydrogen-bond donors (Lipinski definition) is 3. The summed E-state index contributed by atoms with van der Waals surface area (Å²) in [6.07, 6.45) is 0.124. The zero-order valence-corrected chi connectivity index (χ0v) is 20.2. The van der Waals surface area contributed by atoms with Crippen molar-refractivity contribution in [2.75, 3.05) is 6.54 Å². The Morgan fingerprint density at radius 2 is 1.62 bits per heavy atom. The van der Waals surface area contributed by atoms with Gasteiger partial charge in [0.05, 0.1) is 4.90 Å². The third-order valence-electron chi connectivity index (χ3n) is 4.74. The summed E-state index contributed by atoms with van der Waals surface area (Å²) < 4.78 is 27.1. The lowest BCUT2D eigenvalue weighted by Crippen LogP contribution is -2.31. The van der Waals surface area contributed by atoms with Gasteiger partial charge in [-0.3, -0.25) is 9.59 Å². The monoisotopic (exact) mass is 459 g/mol. The van der Waals surface area contributed by atoms with E-state index in [2.05, 4.69) is 36.1 Å². The first-order valence-corrected chi connectivity index (χ1v) is 12.1. The number of nitrogens with one attached hydrogen (secondary N) is 3. The number of amides is 2. The smallest absolute Gasteiger partial charge is 0.251 e. The molecule has 0 heterocycles. The van der Waals surface area contributed by atoms with Crippen LogP contribution in [0.1, 0.15) is 62.5 Å². The minimum Gasteiger partial charge on any atom is -0.352 e. The highest BCUT2D eigenvalue weighted by Crippen LogP contribution is 2.22. The summed E-state index contributed by atoms with van der Waals surface area (Å²) in [6, 6.07) is 13.7. The van der Waals surface area contributed by atoms with Gasteiger partial charge in [0.1, 0.15) is 0 Å². The van der Waals surface area contributed by atoms with Crippen LogP contribution < -0.4 is 15.4 Å². The van der Waals surface area contributed by atoms with E-state index in [1.807, 2.05) is 12.1 Å². The number of sulfonamides is 1. The molecular formula is C24H33N3O4S. The van der Waals surface area contributed by atoms with Crippen LogP contribution in [0.15, 0.2) is 53.4 Å². The molecule has 0 fully saturated rings. The van der Waals surface area contributed by atoms with Crippen molar-refractivity contribution in [3.8, 4) is 0 Å². The predicted molar refractivity (Wildman–Crippen MR) is 126 cm³/mol. The molecule has 0 radical (unpaired) electrons. The first kappa shape index (κ1) is 25.5. The predicted octanol–water partition coefficient (Wildman–Crippen LogP) is 3.11. The fraction of sp³-hybridized carbons (Fsp3) is 0.417. The second-order valence-corrected chi connectivity index (χ2v) is 10.7. The number of carbonyl (C=O) groups is 2. The second-order valence-electron chi connectivity index (χ2n) is 9.03. The van der Waals surface area contributed by atoms with E-state index < -0.39 is 10.0 Å². The number of rotatable bonds is 9. The van der Waals surface area contributed by atoms with Gasteiger partial charge in [0.25, 0.3) is 5.91 Å².